The Hall–Kier alpha value is -2.19. The van der Waals surface area contributed by atoms with Crippen molar-refractivity contribution < 1.29 is 55.5 Å². The summed E-state index contributed by atoms with van der Waals surface area (Å²) in [5.74, 6) is -2.33. The Labute approximate surface area is 273 Å². The lowest BCUT2D eigenvalue weighted by atomic mass is 9.87. The van der Waals surface area contributed by atoms with E-state index in [4.69, 9.17) is 4.74 Å². The van der Waals surface area contributed by atoms with Crippen LogP contribution in [0.3, 0.4) is 0 Å². The van der Waals surface area contributed by atoms with Gasteiger partial charge in [0.05, 0.1) is 48.8 Å². The van der Waals surface area contributed by atoms with Crippen LogP contribution in [-0.4, -0.2) is 113 Å². The van der Waals surface area contributed by atoms with Crippen LogP contribution >= 0.6 is 0 Å². The molecule has 11 unspecified atom stereocenters. The molecule has 0 fully saturated rings. The molecule has 0 aromatic carbocycles. The molecule has 1 aliphatic rings. The number of cyclic esters (lactones) is 1. The van der Waals surface area contributed by atoms with E-state index in [0.717, 1.165) is 12.8 Å². The molecule has 11 heteroatoms. The third kappa shape index (κ3) is 17.7. The molecule has 1 heterocycles. The lowest BCUT2D eigenvalue weighted by Crippen LogP contribution is -2.43. The third-order valence-corrected chi connectivity index (χ3v) is 8.03. The lowest BCUT2D eigenvalue weighted by Gasteiger charge is -2.29. The summed E-state index contributed by atoms with van der Waals surface area (Å²) in [7, 11) is 0. The number of ether oxygens (including phenoxy) is 1. The predicted octanol–water partition coefficient (Wildman–Crippen LogP) is 1.89. The molecule has 9 N–H and O–H groups in total. The highest BCUT2D eigenvalue weighted by atomic mass is 16.6. The van der Waals surface area contributed by atoms with Crippen LogP contribution in [0.2, 0.25) is 0 Å². The molecule has 1 rings (SSSR count). The fourth-order valence-electron chi connectivity index (χ4n) is 5.27. The maximum atomic E-state index is 13.1. The SMILES string of the molecule is CCCCCC(O)C1C(=O)OC(C)C(O)\C=C/C=C\C=C/C=C\C=C(\C)C(O)CC(O)CC(O)CC(O)CC(O)CC(O)CC1O. The van der Waals surface area contributed by atoms with Gasteiger partial charge in [-0.1, -0.05) is 80.9 Å². The van der Waals surface area contributed by atoms with Gasteiger partial charge in [-0.3, -0.25) is 4.79 Å². The Morgan fingerprint density at radius 3 is 1.74 bits per heavy atom. The van der Waals surface area contributed by atoms with E-state index in [1.54, 1.807) is 55.5 Å². The highest BCUT2D eigenvalue weighted by molar-refractivity contribution is 5.74. The van der Waals surface area contributed by atoms with Gasteiger partial charge in [0.1, 0.15) is 18.1 Å². The van der Waals surface area contributed by atoms with Gasteiger partial charge in [-0.05, 0) is 51.5 Å². The van der Waals surface area contributed by atoms with E-state index in [0.29, 0.717) is 12.0 Å². The Kier molecular flexibility index (Phi) is 21.1. The zero-order valence-corrected chi connectivity index (χ0v) is 27.5. The molecular formula is C35H58O11. The summed E-state index contributed by atoms with van der Waals surface area (Å²) in [6.45, 7) is 5.18. The van der Waals surface area contributed by atoms with Crippen LogP contribution in [0.5, 0.6) is 0 Å². The Bertz CT molecular complexity index is 991. The van der Waals surface area contributed by atoms with Crippen molar-refractivity contribution in [1.82, 2.24) is 0 Å². The van der Waals surface area contributed by atoms with Gasteiger partial charge in [0.25, 0.3) is 0 Å². The second-order valence-electron chi connectivity index (χ2n) is 12.4. The molecule has 0 aliphatic carbocycles. The van der Waals surface area contributed by atoms with Gasteiger partial charge in [-0.25, -0.2) is 0 Å². The molecule has 264 valence electrons. The molecule has 0 aromatic heterocycles. The molecule has 0 bridgehead atoms. The van der Waals surface area contributed by atoms with Crippen LogP contribution in [0.4, 0.5) is 0 Å². The minimum atomic E-state index is -1.52. The van der Waals surface area contributed by atoms with Crippen LogP contribution in [0.1, 0.15) is 85.0 Å². The van der Waals surface area contributed by atoms with Gasteiger partial charge in [0.15, 0.2) is 0 Å². The van der Waals surface area contributed by atoms with E-state index in [2.05, 4.69) is 0 Å². The van der Waals surface area contributed by atoms with Gasteiger partial charge in [0, 0.05) is 12.8 Å². The average molecular weight is 655 g/mol. The molecule has 46 heavy (non-hydrogen) atoms. The molecular weight excluding hydrogens is 596 g/mol. The van der Waals surface area contributed by atoms with Crippen LogP contribution in [0.15, 0.2) is 60.3 Å². The highest BCUT2D eigenvalue weighted by Crippen LogP contribution is 2.24. The lowest BCUT2D eigenvalue weighted by molar-refractivity contribution is -0.168. The molecule has 0 amide bonds. The standard InChI is InChI=1S/C35H58O11/c1-4-5-11-16-31(42)34-33(44)22-29(40)20-27(38)18-25(36)17-26(37)19-28(39)21-32(43)23(2)14-12-9-7-6-8-10-13-15-30(41)24(3)46-35(34)45/h6-10,12-15,24-34,36-44H,4-5,11,16-22H2,1-3H3/b7-6-,10-8-,12-9-,15-13-,23-14-. The predicted molar refractivity (Wildman–Crippen MR) is 175 cm³/mol. The van der Waals surface area contributed by atoms with Crippen LogP contribution in [0, 0.1) is 5.92 Å². The molecule has 11 atom stereocenters. The quantitative estimate of drug-likeness (QED) is 0.154. The summed E-state index contributed by atoms with van der Waals surface area (Å²) in [5.41, 5.74) is 0.609. The maximum absolute atomic E-state index is 13.1. The summed E-state index contributed by atoms with van der Waals surface area (Å²) < 4.78 is 5.42. The van der Waals surface area contributed by atoms with Crippen molar-refractivity contribution in [1.29, 1.82) is 0 Å². The maximum Gasteiger partial charge on any atom is 0.314 e. The molecule has 0 saturated heterocycles. The van der Waals surface area contributed by atoms with Crippen molar-refractivity contribution in [2.75, 3.05) is 0 Å². The molecule has 0 radical (unpaired) electrons. The first-order valence-corrected chi connectivity index (χ1v) is 16.4. The summed E-state index contributed by atoms with van der Waals surface area (Å²) in [5, 5.41) is 94.8. The smallest absolute Gasteiger partial charge is 0.314 e. The van der Waals surface area contributed by atoms with E-state index in [9.17, 15) is 50.8 Å². The third-order valence-electron chi connectivity index (χ3n) is 8.03. The van der Waals surface area contributed by atoms with Crippen LogP contribution in [-0.2, 0) is 9.53 Å². The minimum absolute atomic E-state index is 0.0162. The van der Waals surface area contributed by atoms with E-state index in [1.165, 1.54) is 13.0 Å². The molecule has 0 saturated carbocycles. The van der Waals surface area contributed by atoms with Gasteiger partial charge in [-0.15, -0.1) is 0 Å². The zero-order chi connectivity index (χ0) is 34.6. The van der Waals surface area contributed by atoms with Gasteiger partial charge in [0.2, 0.25) is 0 Å². The molecule has 11 nitrogen and oxygen atoms in total. The molecule has 1 aliphatic heterocycles. The van der Waals surface area contributed by atoms with E-state index < -0.39 is 72.9 Å². The van der Waals surface area contributed by atoms with Crippen molar-refractivity contribution in [2.24, 2.45) is 5.92 Å². The Morgan fingerprint density at radius 2 is 1.20 bits per heavy atom. The first-order chi connectivity index (χ1) is 21.7. The number of unbranched alkanes of at least 4 members (excludes halogenated alkanes) is 2. The number of rotatable bonds is 5. The number of aliphatic hydroxyl groups excluding tert-OH is 9. The number of esters is 1. The number of carbonyl (C=O) groups excluding carboxylic acids is 1. The van der Waals surface area contributed by atoms with Gasteiger partial charge >= 0.3 is 5.97 Å². The van der Waals surface area contributed by atoms with Gasteiger partial charge < -0.3 is 50.7 Å². The average Bonchev–Trinajstić information content (AvgIpc) is 2.94. The van der Waals surface area contributed by atoms with Crippen molar-refractivity contribution in [2.45, 2.75) is 146 Å². The minimum Gasteiger partial charge on any atom is -0.459 e. The van der Waals surface area contributed by atoms with Crippen molar-refractivity contribution in [3.05, 3.63) is 60.3 Å². The second kappa shape index (κ2) is 23.2. The molecule has 0 aromatic rings. The summed E-state index contributed by atoms with van der Waals surface area (Å²) >= 11 is 0. The van der Waals surface area contributed by atoms with Crippen molar-refractivity contribution >= 4 is 5.97 Å². The molecule has 0 spiro atoms. The number of hydrogen-bond acceptors (Lipinski definition) is 11. The number of allylic oxidation sites excluding steroid dienone is 8. The Morgan fingerprint density at radius 1 is 0.717 bits per heavy atom. The fraction of sp³-hybridized carbons (Fsp3) is 0.686. The van der Waals surface area contributed by atoms with Crippen LogP contribution in [0.25, 0.3) is 0 Å². The number of carbonyl (C=O) groups is 1. The van der Waals surface area contributed by atoms with E-state index in [-0.39, 0.29) is 44.9 Å². The van der Waals surface area contributed by atoms with Gasteiger partial charge in [-0.2, -0.15) is 0 Å². The largest absolute Gasteiger partial charge is 0.459 e. The fourth-order valence-corrected chi connectivity index (χ4v) is 5.27. The van der Waals surface area contributed by atoms with E-state index >= 15 is 0 Å². The van der Waals surface area contributed by atoms with Crippen molar-refractivity contribution in [3.63, 3.8) is 0 Å². The first-order valence-electron chi connectivity index (χ1n) is 16.4. The zero-order valence-electron chi connectivity index (χ0n) is 27.5. The number of aliphatic hydroxyl groups is 9. The Balaban J connectivity index is 3.14. The monoisotopic (exact) mass is 654 g/mol. The van der Waals surface area contributed by atoms with Crippen molar-refractivity contribution in [3.8, 4) is 0 Å². The summed E-state index contributed by atoms with van der Waals surface area (Å²) in [4.78, 5) is 13.1. The number of hydrogen-bond donors (Lipinski definition) is 9. The second-order valence-corrected chi connectivity index (χ2v) is 12.4. The van der Waals surface area contributed by atoms with E-state index in [1.807, 2.05) is 6.92 Å². The van der Waals surface area contributed by atoms with Crippen LogP contribution < -0.4 is 0 Å². The summed E-state index contributed by atoms with van der Waals surface area (Å²) in [6.07, 6.45) is 4.69. The topological polar surface area (TPSA) is 208 Å². The highest BCUT2D eigenvalue weighted by Gasteiger charge is 2.37. The normalized spacial score (nSPS) is 38.6. The first kappa shape index (κ1) is 41.8. The summed E-state index contributed by atoms with van der Waals surface area (Å²) in [6, 6.07) is 0.